The zero-order valence-electron chi connectivity index (χ0n) is 14.0. The van der Waals surface area contributed by atoms with Crippen LogP contribution in [-0.4, -0.2) is 5.11 Å². The van der Waals surface area contributed by atoms with E-state index in [-0.39, 0.29) is 10.8 Å². The third-order valence-electron chi connectivity index (χ3n) is 4.23. The minimum Gasteiger partial charge on any atom is -0.507 e. The van der Waals surface area contributed by atoms with E-state index in [1.807, 2.05) is 6.07 Å². The molecule has 2 aromatic rings. The lowest BCUT2D eigenvalue weighted by molar-refractivity contribution is 0.428. The molecule has 2 aromatic carbocycles. The van der Waals surface area contributed by atoms with Gasteiger partial charge in [0.1, 0.15) is 5.75 Å². The largest absolute Gasteiger partial charge is 0.507 e. The van der Waals surface area contributed by atoms with Crippen molar-refractivity contribution in [3.63, 3.8) is 0 Å². The maximum atomic E-state index is 10.8. The van der Waals surface area contributed by atoms with Crippen molar-refractivity contribution in [2.45, 2.75) is 52.4 Å². The normalized spacial score (nSPS) is 12.5. The number of aryl methyl sites for hydroxylation is 1. The highest BCUT2D eigenvalue weighted by atomic mass is 16.3. The van der Waals surface area contributed by atoms with Gasteiger partial charge < -0.3 is 5.11 Å². The first-order valence-electron chi connectivity index (χ1n) is 7.54. The molecule has 0 aliphatic heterocycles. The number of hydrogen-bond donors (Lipinski definition) is 1. The van der Waals surface area contributed by atoms with E-state index >= 15 is 0 Å². The number of rotatable bonds is 2. The van der Waals surface area contributed by atoms with E-state index in [1.165, 1.54) is 11.1 Å². The topological polar surface area (TPSA) is 20.2 Å². The molecule has 0 saturated carbocycles. The van der Waals surface area contributed by atoms with Crippen molar-refractivity contribution in [1.29, 1.82) is 0 Å². The van der Waals surface area contributed by atoms with Crippen molar-refractivity contribution in [2.24, 2.45) is 0 Å². The number of benzene rings is 2. The van der Waals surface area contributed by atoms with Crippen LogP contribution in [0.2, 0.25) is 0 Å². The van der Waals surface area contributed by atoms with E-state index in [0.29, 0.717) is 5.75 Å². The summed E-state index contributed by atoms with van der Waals surface area (Å²) in [6, 6.07) is 14.6. The van der Waals surface area contributed by atoms with Crippen LogP contribution in [0, 0.1) is 6.92 Å². The van der Waals surface area contributed by atoms with Crippen LogP contribution >= 0.6 is 0 Å². The standard InChI is InChI=1S/C20H26O/c1-14-12-16(19(2,3)4)18(21)17(13-14)20(5,6)15-10-8-7-9-11-15/h7-13,21H,1-6H3. The first-order chi connectivity index (χ1) is 9.64. The maximum absolute atomic E-state index is 10.8. The maximum Gasteiger partial charge on any atom is 0.123 e. The second-order valence-corrected chi connectivity index (χ2v) is 7.45. The number of hydrogen-bond acceptors (Lipinski definition) is 1. The van der Waals surface area contributed by atoms with Gasteiger partial charge in [0, 0.05) is 11.0 Å². The highest BCUT2D eigenvalue weighted by molar-refractivity contribution is 5.53. The van der Waals surface area contributed by atoms with E-state index in [0.717, 1.165) is 11.1 Å². The molecule has 2 rings (SSSR count). The molecular weight excluding hydrogens is 256 g/mol. The Kier molecular flexibility index (Phi) is 3.88. The molecule has 0 atom stereocenters. The van der Waals surface area contributed by atoms with Crippen LogP contribution in [0.5, 0.6) is 5.75 Å². The van der Waals surface area contributed by atoms with Gasteiger partial charge >= 0.3 is 0 Å². The molecule has 0 amide bonds. The second-order valence-electron chi connectivity index (χ2n) is 7.45. The molecule has 0 bridgehead atoms. The van der Waals surface area contributed by atoms with Gasteiger partial charge in [0.15, 0.2) is 0 Å². The summed E-state index contributed by atoms with van der Waals surface area (Å²) in [5.74, 6) is 0.432. The molecule has 0 aliphatic carbocycles. The molecule has 1 N–H and O–H groups in total. The van der Waals surface area contributed by atoms with Crippen LogP contribution < -0.4 is 0 Å². The van der Waals surface area contributed by atoms with E-state index in [9.17, 15) is 5.11 Å². The Morgan fingerprint density at radius 2 is 1.33 bits per heavy atom. The summed E-state index contributed by atoms with van der Waals surface area (Å²) < 4.78 is 0. The molecule has 0 radical (unpaired) electrons. The predicted molar refractivity (Wildman–Crippen MR) is 90.1 cm³/mol. The van der Waals surface area contributed by atoms with Gasteiger partial charge in [0.05, 0.1) is 0 Å². The monoisotopic (exact) mass is 282 g/mol. The summed E-state index contributed by atoms with van der Waals surface area (Å²) in [6.07, 6.45) is 0. The minimum absolute atomic E-state index is 0.0718. The van der Waals surface area contributed by atoms with Crippen LogP contribution in [0.4, 0.5) is 0 Å². The predicted octanol–water partition coefficient (Wildman–Crippen LogP) is 5.32. The van der Waals surface area contributed by atoms with Gasteiger partial charge in [-0.15, -0.1) is 0 Å². The number of aromatic hydroxyl groups is 1. The zero-order valence-corrected chi connectivity index (χ0v) is 14.0. The molecule has 0 unspecified atom stereocenters. The van der Waals surface area contributed by atoms with Crippen molar-refractivity contribution in [3.8, 4) is 5.75 Å². The molecule has 0 heterocycles. The quantitative estimate of drug-likeness (QED) is 0.790. The Bertz CT molecular complexity index is 631. The average molecular weight is 282 g/mol. The zero-order chi connectivity index (χ0) is 15.8. The number of phenolic OH excluding ortho intramolecular Hbond substituents is 1. The van der Waals surface area contributed by atoms with Crippen molar-refractivity contribution in [3.05, 3.63) is 64.7 Å². The summed E-state index contributed by atoms with van der Waals surface area (Å²) >= 11 is 0. The Morgan fingerprint density at radius 1 is 0.810 bits per heavy atom. The molecular formula is C20H26O. The molecule has 1 heteroatoms. The van der Waals surface area contributed by atoms with Crippen LogP contribution in [0.15, 0.2) is 42.5 Å². The van der Waals surface area contributed by atoms with Gasteiger partial charge in [-0.05, 0) is 23.5 Å². The van der Waals surface area contributed by atoms with Crippen LogP contribution in [0.25, 0.3) is 0 Å². The molecule has 0 spiro atoms. The number of phenols is 1. The van der Waals surface area contributed by atoms with Gasteiger partial charge in [-0.1, -0.05) is 82.6 Å². The summed E-state index contributed by atoms with van der Waals surface area (Å²) in [6.45, 7) is 12.9. The highest BCUT2D eigenvalue weighted by Crippen LogP contribution is 2.42. The lowest BCUT2D eigenvalue weighted by atomic mass is 9.74. The van der Waals surface area contributed by atoms with Crippen LogP contribution in [0.3, 0.4) is 0 Å². The summed E-state index contributed by atoms with van der Waals surface area (Å²) in [7, 11) is 0. The molecule has 0 aliphatic rings. The molecule has 0 saturated heterocycles. The van der Waals surface area contributed by atoms with E-state index in [2.05, 4.69) is 77.9 Å². The molecule has 112 valence electrons. The average Bonchev–Trinajstić information content (AvgIpc) is 2.40. The van der Waals surface area contributed by atoms with E-state index < -0.39 is 0 Å². The Hall–Kier alpha value is -1.76. The fraction of sp³-hybridized carbons (Fsp3) is 0.400. The van der Waals surface area contributed by atoms with E-state index in [4.69, 9.17) is 0 Å². The summed E-state index contributed by atoms with van der Waals surface area (Å²) in [5.41, 5.74) is 4.12. The lowest BCUT2D eigenvalue weighted by Crippen LogP contribution is -2.21. The Labute approximate surface area is 128 Å². The van der Waals surface area contributed by atoms with Crippen LogP contribution in [0.1, 0.15) is 56.9 Å². The SMILES string of the molecule is Cc1cc(C(C)(C)C)c(O)c(C(C)(C)c2ccccc2)c1. The first-order valence-corrected chi connectivity index (χ1v) is 7.54. The van der Waals surface area contributed by atoms with Crippen molar-refractivity contribution in [1.82, 2.24) is 0 Å². The van der Waals surface area contributed by atoms with Crippen molar-refractivity contribution >= 4 is 0 Å². The third-order valence-corrected chi connectivity index (χ3v) is 4.23. The molecule has 0 fully saturated rings. The van der Waals surface area contributed by atoms with Gasteiger partial charge in [-0.25, -0.2) is 0 Å². The lowest BCUT2D eigenvalue weighted by Gasteiger charge is -2.31. The Balaban J connectivity index is 2.67. The fourth-order valence-corrected chi connectivity index (χ4v) is 2.84. The van der Waals surface area contributed by atoms with Crippen molar-refractivity contribution in [2.75, 3.05) is 0 Å². The van der Waals surface area contributed by atoms with E-state index in [1.54, 1.807) is 0 Å². The fourth-order valence-electron chi connectivity index (χ4n) is 2.84. The highest BCUT2D eigenvalue weighted by Gasteiger charge is 2.30. The van der Waals surface area contributed by atoms with Crippen LogP contribution in [-0.2, 0) is 10.8 Å². The second kappa shape index (κ2) is 5.22. The smallest absolute Gasteiger partial charge is 0.123 e. The van der Waals surface area contributed by atoms with Gasteiger partial charge in [0.2, 0.25) is 0 Å². The van der Waals surface area contributed by atoms with Crippen molar-refractivity contribution < 1.29 is 5.11 Å². The first kappa shape index (κ1) is 15.6. The minimum atomic E-state index is -0.225. The molecule has 0 aromatic heterocycles. The Morgan fingerprint density at radius 3 is 1.86 bits per heavy atom. The molecule has 1 nitrogen and oxygen atoms in total. The summed E-state index contributed by atoms with van der Waals surface area (Å²) in [4.78, 5) is 0. The van der Waals surface area contributed by atoms with Gasteiger partial charge in [-0.3, -0.25) is 0 Å². The third kappa shape index (κ3) is 2.97. The van der Waals surface area contributed by atoms with Gasteiger partial charge in [0.25, 0.3) is 0 Å². The summed E-state index contributed by atoms with van der Waals surface area (Å²) in [5, 5.41) is 10.8. The van der Waals surface area contributed by atoms with Gasteiger partial charge in [-0.2, -0.15) is 0 Å². The molecule has 21 heavy (non-hydrogen) atoms.